The molecule has 0 aromatic heterocycles. The van der Waals surface area contributed by atoms with Crippen molar-refractivity contribution in [2.75, 3.05) is 6.61 Å². The van der Waals surface area contributed by atoms with Gasteiger partial charge in [-0.2, -0.15) is 4.99 Å². The Bertz CT molecular complexity index is 974. The first-order valence-corrected chi connectivity index (χ1v) is 9.00. The van der Waals surface area contributed by atoms with Crippen LogP contribution in [0.5, 0.6) is 5.75 Å². The van der Waals surface area contributed by atoms with Crippen LogP contribution in [0.4, 0.5) is 0 Å². The van der Waals surface area contributed by atoms with Gasteiger partial charge in [-0.25, -0.2) is 0 Å². The van der Waals surface area contributed by atoms with Crippen molar-refractivity contribution < 1.29 is 14.3 Å². The molecule has 0 radical (unpaired) electrons. The number of terminal acetylenes is 1. The summed E-state index contributed by atoms with van der Waals surface area (Å²) in [6, 6.07) is 13.5. The van der Waals surface area contributed by atoms with E-state index >= 15 is 0 Å². The molecule has 0 spiro atoms. The summed E-state index contributed by atoms with van der Waals surface area (Å²) in [7, 11) is 0. The van der Waals surface area contributed by atoms with E-state index in [0.29, 0.717) is 21.2 Å². The number of hydrogen-bond donors (Lipinski definition) is 1. The smallest absolute Gasteiger partial charge is 0.279 e. The number of benzene rings is 2. The molecule has 1 aliphatic rings. The molecule has 0 aliphatic carbocycles. The van der Waals surface area contributed by atoms with Crippen LogP contribution < -0.4 is 10.1 Å². The van der Waals surface area contributed by atoms with Crippen LogP contribution in [-0.4, -0.2) is 23.6 Å². The van der Waals surface area contributed by atoms with Gasteiger partial charge in [0.15, 0.2) is 5.17 Å². The second-order valence-corrected chi connectivity index (χ2v) is 6.82. The van der Waals surface area contributed by atoms with Gasteiger partial charge in [-0.05, 0) is 59.8 Å². The van der Waals surface area contributed by atoms with Crippen molar-refractivity contribution in [3.8, 4) is 18.1 Å². The molecule has 2 aromatic rings. The first-order chi connectivity index (χ1) is 13.0. The number of ether oxygens (including phenoxy) is 1. The van der Waals surface area contributed by atoms with Gasteiger partial charge < -0.3 is 10.1 Å². The van der Waals surface area contributed by atoms with Crippen molar-refractivity contribution in [1.82, 2.24) is 5.32 Å². The zero-order valence-corrected chi connectivity index (χ0v) is 15.5. The van der Waals surface area contributed by atoms with Gasteiger partial charge in [-0.1, -0.05) is 29.7 Å². The molecule has 0 unspecified atom stereocenters. The molecule has 2 amide bonds. The second-order valence-electron chi connectivity index (χ2n) is 5.36. The van der Waals surface area contributed by atoms with E-state index in [4.69, 9.17) is 22.8 Å². The van der Waals surface area contributed by atoms with Gasteiger partial charge in [-0.15, -0.1) is 6.42 Å². The number of amides is 2. The molecule has 3 rings (SSSR count). The number of aliphatic imine (C=N–C) groups is 1. The highest BCUT2D eigenvalue weighted by molar-refractivity contribution is 8.18. The normalized spacial score (nSPS) is 16.2. The van der Waals surface area contributed by atoms with E-state index in [1.54, 1.807) is 54.6 Å². The van der Waals surface area contributed by atoms with E-state index in [2.05, 4.69) is 16.2 Å². The molecule has 1 N–H and O–H groups in total. The lowest BCUT2D eigenvalue weighted by Gasteiger charge is -2.02. The average molecular weight is 397 g/mol. The van der Waals surface area contributed by atoms with Gasteiger partial charge in [0, 0.05) is 10.6 Å². The Morgan fingerprint density at radius 3 is 2.59 bits per heavy atom. The monoisotopic (exact) mass is 396 g/mol. The van der Waals surface area contributed by atoms with Crippen molar-refractivity contribution in [2.45, 2.75) is 0 Å². The van der Waals surface area contributed by atoms with Crippen molar-refractivity contribution in [3.05, 3.63) is 69.6 Å². The van der Waals surface area contributed by atoms with Crippen LogP contribution in [0, 0.1) is 12.3 Å². The van der Waals surface area contributed by atoms with E-state index in [-0.39, 0.29) is 17.7 Å². The summed E-state index contributed by atoms with van der Waals surface area (Å²) in [6.07, 6.45) is 6.86. The third kappa shape index (κ3) is 5.00. The van der Waals surface area contributed by atoms with Crippen LogP contribution in [0.3, 0.4) is 0 Å². The number of thioether (sulfide) groups is 1. The number of nitrogens with one attached hydrogen (secondary N) is 1. The number of amidine groups is 1. The molecular weight excluding hydrogens is 384 g/mol. The van der Waals surface area contributed by atoms with Crippen LogP contribution >= 0.6 is 23.4 Å². The molecule has 1 fully saturated rings. The predicted octanol–water partition coefficient (Wildman–Crippen LogP) is 3.75. The Morgan fingerprint density at radius 1 is 1.22 bits per heavy atom. The fourth-order valence-corrected chi connectivity index (χ4v) is 3.11. The van der Waals surface area contributed by atoms with Crippen LogP contribution in [0.25, 0.3) is 6.08 Å². The predicted molar refractivity (Wildman–Crippen MR) is 108 cm³/mol. The van der Waals surface area contributed by atoms with Crippen molar-refractivity contribution in [3.63, 3.8) is 0 Å². The summed E-state index contributed by atoms with van der Waals surface area (Å²) < 4.78 is 5.31. The van der Waals surface area contributed by atoms with Crippen molar-refractivity contribution in [1.29, 1.82) is 0 Å². The molecule has 1 heterocycles. The molecular formula is C20H13ClN2O3S. The zero-order chi connectivity index (χ0) is 19.2. The number of rotatable bonds is 4. The fraction of sp³-hybridized carbons (Fsp3) is 0.0500. The third-order valence-corrected chi connectivity index (χ3v) is 4.61. The Kier molecular flexibility index (Phi) is 5.97. The van der Waals surface area contributed by atoms with Crippen molar-refractivity contribution >= 4 is 46.4 Å². The first kappa shape index (κ1) is 18.8. The van der Waals surface area contributed by atoms with Gasteiger partial charge >= 0.3 is 0 Å². The molecule has 134 valence electrons. The first-order valence-electron chi connectivity index (χ1n) is 7.81. The third-order valence-electron chi connectivity index (χ3n) is 3.45. The van der Waals surface area contributed by atoms with Gasteiger partial charge in [-0.3, -0.25) is 9.59 Å². The number of hydrogen-bond acceptors (Lipinski definition) is 4. The number of carbonyl (C=O) groups is 2. The van der Waals surface area contributed by atoms with E-state index in [1.165, 1.54) is 0 Å². The number of carbonyl (C=O) groups excluding carboxylic acids is 2. The minimum atomic E-state index is -0.453. The van der Waals surface area contributed by atoms with Crippen LogP contribution in [0.15, 0.2) is 58.4 Å². The topological polar surface area (TPSA) is 67.8 Å². The summed E-state index contributed by atoms with van der Waals surface area (Å²) >= 11 is 6.91. The van der Waals surface area contributed by atoms with Crippen LogP contribution in [-0.2, 0) is 4.79 Å². The highest BCUT2D eigenvalue weighted by Crippen LogP contribution is 2.27. The SMILES string of the molecule is C#CCOc1ccc(/C=C2\SC(=NC(=O)c3ccc(Cl)cc3)NC2=O)cc1. The maximum Gasteiger partial charge on any atom is 0.279 e. The summed E-state index contributed by atoms with van der Waals surface area (Å²) in [5.74, 6) is 2.28. The Labute approximate surface area is 165 Å². The van der Waals surface area contributed by atoms with E-state index in [9.17, 15) is 9.59 Å². The molecule has 0 bridgehead atoms. The summed E-state index contributed by atoms with van der Waals surface area (Å²) in [6.45, 7) is 0.195. The lowest BCUT2D eigenvalue weighted by Crippen LogP contribution is -2.20. The quantitative estimate of drug-likeness (QED) is 0.631. The molecule has 5 nitrogen and oxygen atoms in total. The van der Waals surface area contributed by atoms with Gasteiger partial charge in [0.2, 0.25) is 0 Å². The average Bonchev–Trinajstić information content (AvgIpc) is 3.00. The van der Waals surface area contributed by atoms with E-state index in [0.717, 1.165) is 17.3 Å². The van der Waals surface area contributed by atoms with Crippen LogP contribution in [0.2, 0.25) is 5.02 Å². The lowest BCUT2D eigenvalue weighted by molar-refractivity contribution is -0.115. The van der Waals surface area contributed by atoms with E-state index < -0.39 is 5.91 Å². The molecule has 7 heteroatoms. The minimum Gasteiger partial charge on any atom is -0.481 e. The van der Waals surface area contributed by atoms with Gasteiger partial charge in [0.05, 0.1) is 4.91 Å². The zero-order valence-electron chi connectivity index (χ0n) is 13.9. The fourth-order valence-electron chi connectivity index (χ4n) is 2.17. The number of halogens is 1. The van der Waals surface area contributed by atoms with Crippen LogP contribution in [0.1, 0.15) is 15.9 Å². The summed E-state index contributed by atoms with van der Waals surface area (Å²) in [5, 5.41) is 3.35. The summed E-state index contributed by atoms with van der Waals surface area (Å²) in [5.41, 5.74) is 1.20. The second kappa shape index (κ2) is 8.58. The highest BCUT2D eigenvalue weighted by Gasteiger charge is 2.24. The Morgan fingerprint density at radius 2 is 1.93 bits per heavy atom. The summed E-state index contributed by atoms with van der Waals surface area (Å²) in [4.78, 5) is 28.7. The largest absolute Gasteiger partial charge is 0.481 e. The molecule has 1 aliphatic heterocycles. The van der Waals surface area contributed by atoms with Gasteiger partial charge in [0.1, 0.15) is 12.4 Å². The number of nitrogens with zero attached hydrogens (tertiary/aromatic N) is 1. The van der Waals surface area contributed by atoms with E-state index in [1.807, 2.05) is 0 Å². The van der Waals surface area contributed by atoms with Crippen molar-refractivity contribution in [2.24, 2.45) is 4.99 Å². The molecule has 0 atom stereocenters. The molecule has 2 aromatic carbocycles. The molecule has 1 saturated heterocycles. The van der Waals surface area contributed by atoms with Gasteiger partial charge in [0.25, 0.3) is 11.8 Å². The molecule has 0 saturated carbocycles. The highest BCUT2D eigenvalue weighted by atomic mass is 35.5. The standard InChI is InChI=1S/C20H13ClN2O3S/c1-2-11-26-16-9-3-13(4-10-16)12-17-19(25)23-20(27-17)22-18(24)14-5-7-15(21)8-6-14/h1,3-10,12H,11H2,(H,22,23,24,25)/b17-12-. The maximum atomic E-state index is 12.2. The minimum absolute atomic E-state index is 0.195. The Hall–Kier alpha value is -3.01. The maximum absolute atomic E-state index is 12.2. The molecule has 27 heavy (non-hydrogen) atoms. The Balaban J connectivity index is 1.71. The lowest BCUT2D eigenvalue weighted by atomic mass is 10.2.